The number of benzene rings is 2. The summed E-state index contributed by atoms with van der Waals surface area (Å²) in [6, 6.07) is 19.4. The fourth-order valence-corrected chi connectivity index (χ4v) is 5.14. The number of thioether (sulfide) groups is 1. The zero-order valence-electron chi connectivity index (χ0n) is 19.4. The largest absolute Gasteiger partial charge is 0.463 e. The molecule has 1 fully saturated rings. The highest BCUT2D eigenvalue weighted by atomic mass is 32.2. The Kier molecular flexibility index (Phi) is 5.82. The molecule has 0 aliphatic carbocycles. The predicted molar refractivity (Wildman–Crippen MR) is 134 cm³/mol. The third-order valence-electron chi connectivity index (χ3n) is 6.00. The summed E-state index contributed by atoms with van der Waals surface area (Å²) in [6.45, 7) is 3.96. The lowest BCUT2D eigenvalue weighted by Gasteiger charge is -2.13. The van der Waals surface area contributed by atoms with Crippen LogP contribution in [0, 0.1) is 13.8 Å². The van der Waals surface area contributed by atoms with Gasteiger partial charge in [0, 0.05) is 16.8 Å². The normalized spacial score (nSPS) is 14.9. The molecule has 4 aromatic rings. The van der Waals surface area contributed by atoms with E-state index < -0.39 is 11.9 Å². The minimum atomic E-state index is -0.619. The Morgan fingerprint density at radius 2 is 1.83 bits per heavy atom. The van der Waals surface area contributed by atoms with Crippen LogP contribution in [-0.2, 0) is 16.1 Å². The number of nitrogens with zero attached hydrogens (tertiary/aromatic N) is 2. The van der Waals surface area contributed by atoms with E-state index >= 15 is 0 Å². The number of carbonyl (C=O) groups excluding carboxylic acids is 3. The standard InChI is InChI=1S/C27H22N2O5S/c1-16-13-19(17(2)29(16)22-10-6-8-18-7-4-5-9-21(18)22)14-24-25(30)28(27(32)35-24)15-20-11-12-23(34-20)26(31)33-3/h4-14H,15H2,1-3H3. The van der Waals surface area contributed by atoms with Gasteiger partial charge in [0.1, 0.15) is 5.76 Å². The number of amides is 2. The number of methoxy groups -OCH3 is 1. The van der Waals surface area contributed by atoms with Crippen LogP contribution in [0.25, 0.3) is 22.5 Å². The Hall–Kier alpha value is -4.04. The van der Waals surface area contributed by atoms with Gasteiger partial charge in [0.25, 0.3) is 11.1 Å². The Morgan fingerprint density at radius 3 is 2.63 bits per heavy atom. The van der Waals surface area contributed by atoms with E-state index in [1.165, 1.54) is 13.2 Å². The Labute approximate surface area is 206 Å². The number of fused-ring (bicyclic) bond motifs is 1. The molecule has 1 saturated heterocycles. The smallest absolute Gasteiger partial charge is 0.373 e. The number of ether oxygens (including phenoxy) is 1. The maximum Gasteiger partial charge on any atom is 0.373 e. The lowest BCUT2D eigenvalue weighted by Crippen LogP contribution is -2.27. The van der Waals surface area contributed by atoms with Gasteiger partial charge in [-0.25, -0.2) is 4.79 Å². The molecular formula is C27H22N2O5S. The molecular weight excluding hydrogens is 464 g/mol. The molecule has 7 nitrogen and oxygen atoms in total. The lowest BCUT2D eigenvalue weighted by atomic mass is 10.1. The maximum atomic E-state index is 13.0. The van der Waals surface area contributed by atoms with Crippen molar-refractivity contribution in [2.24, 2.45) is 0 Å². The van der Waals surface area contributed by atoms with E-state index in [9.17, 15) is 14.4 Å². The number of carbonyl (C=O) groups is 3. The zero-order chi connectivity index (χ0) is 24.7. The number of imide groups is 1. The van der Waals surface area contributed by atoms with Gasteiger partial charge in [-0.2, -0.15) is 0 Å². The average molecular weight is 487 g/mol. The van der Waals surface area contributed by atoms with E-state index in [-0.39, 0.29) is 17.5 Å². The minimum absolute atomic E-state index is 0.0193. The van der Waals surface area contributed by atoms with Gasteiger partial charge in [0.15, 0.2) is 0 Å². The van der Waals surface area contributed by atoms with E-state index in [0.717, 1.165) is 50.1 Å². The summed E-state index contributed by atoms with van der Waals surface area (Å²) in [6.07, 6.45) is 1.76. The SMILES string of the molecule is COC(=O)c1ccc(CN2C(=O)SC(=Cc3cc(C)n(-c4cccc5ccccc45)c3C)C2=O)o1. The molecule has 0 saturated carbocycles. The summed E-state index contributed by atoms with van der Waals surface area (Å²) in [4.78, 5) is 38.7. The van der Waals surface area contributed by atoms with E-state index in [1.54, 1.807) is 12.1 Å². The molecule has 0 unspecified atom stereocenters. The molecule has 0 spiro atoms. The number of rotatable bonds is 5. The summed E-state index contributed by atoms with van der Waals surface area (Å²) in [7, 11) is 1.25. The van der Waals surface area contributed by atoms with E-state index in [4.69, 9.17) is 4.42 Å². The molecule has 2 aromatic heterocycles. The average Bonchev–Trinajstić information content (AvgIpc) is 3.51. The molecule has 0 atom stereocenters. The fraction of sp³-hybridized carbons (Fsp3) is 0.148. The van der Waals surface area contributed by atoms with Crippen molar-refractivity contribution in [3.05, 3.63) is 94.0 Å². The second-order valence-corrected chi connectivity index (χ2v) is 9.18. The molecule has 1 aliphatic rings. The Balaban J connectivity index is 1.44. The van der Waals surface area contributed by atoms with Crippen molar-refractivity contribution in [2.75, 3.05) is 7.11 Å². The topological polar surface area (TPSA) is 81.8 Å². The molecule has 5 rings (SSSR count). The van der Waals surface area contributed by atoms with E-state index in [0.29, 0.717) is 10.7 Å². The van der Waals surface area contributed by atoms with Crippen molar-refractivity contribution in [3.8, 4) is 5.69 Å². The van der Waals surface area contributed by atoms with Crippen LogP contribution in [0.15, 0.2) is 70.0 Å². The highest BCUT2D eigenvalue weighted by molar-refractivity contribution is 8.18. The van der Waals surface area contributed by atoms with Gasteiger partial charge in [0.05, 0.1) is 24.2 Å². The van der Waals surface area contributed by atoms with Crippen LogP contribution < -0.4 is 0 Å². The first-order chi connectivity index (χ1) is 16.9. The van der Waals surface area contributed by atoms with Crippen molar-refractivity contribution in [2.45, 2.75) is 20.4 Å². The fourth-order valence-electron chi connectivity index (χ4n) is 4.31. The summed E-state index contributed by atoms with van der Waals surface area (Å²) in [5.74, 6) is -0.674. The molecule has 176 valence electrons. The first-order valence-corrected chi connectivity index (χ1v) is 11.8. The molecule has 0 bridgehead atoms. The number of aromatic nitrogens is 1. The molecule has 0 N–H and O–H groups in total. The Morgan fingerprint density at radius 1 is 1.06 bits per heavy atom. The number of furan rings is 1. The summed E-state index contributed by atoms with van der Waals surface area (Å²) >= 11 is 0.892. The summed E-state index contributed by atoms with van der Waals surface area (Å²) in [5, 5.41) is 1.89. The molecule has 2 amide bonds. The van der Waals surface area contributed by atoms with Crippen LogP contribution in [0.5, 0.6) is 0 Å². The molecule has 3 heterocycles. The number of esters is 1. The van der Waals surface area contributed by atoms with Crippen LogP contribution in [0.1, 0.15) is 33.3 Å². The second-order valence-electron chi connectivity index (χ2n) is 8.19. The predicted octanol–water partition coefficient (Wildman–Crippen LogP) is 5.86. The molecule has 35 heavy (non-hydrogen) atoms. The van der Waals surface area contributed by atoms with Crippen LogP contribution in [-0.4, -0.2) is 33.7 Å². The maximum absolute atomic E-state index is 13.0. The number of hydrogen-bond acceptors (Lipinski definition) is 6. The molecule has 1 aliphatic heterocycles. The monoisotopic (exact) mass is 486 g/mol. The highest BCUT2D eigenvalue weighted by Gasteiger charge is 2.36. The van der Waals surface area contributed by atoms with E-state index in [2.05, 4.69) is 33.6 Å². The van der Waals surface area contributed by atoms with Crippen molar-refractivity contribution < 1.29 is 23.5 Å². The molecule has 2 aromatic carbocycles. The molecule has 8 heteroatoms. The van der Waals surface area contributed by atoms with Gasteiger partial charge >= 0.3 is 5.97 Å². The van der Waals surface area contributed by atoms with Crippen molar-refractivity contribution in [1.29, 1.82) is 0 Å². The van der Waals surface area contributed by atoms with Crippen LogP contribution in [0.3, 0.4) is 0 Å². The van der Waals surface area contributed by atoms with Gasteiger partial charge in [0.2, 0.25) is 5.76 Å². The second kappa shape index (κ2) is 8.96. The van der Waals surface area contributed by atoms with Crippen molar-refractivity contribution in [1.82, 2.24) is 9.47 Å². The zero-order valence-corrected chi connectivity index (χ0v) is 20.2. The third-order valence-corrected chi connectivity index (χ3v) is 6.91. The minimum Gasteiger partial charge on any atom is -0.463 e. The summed E-state index contributed by atoms with van der Waals surface area (Å²) in [5.41, 5.74) is 3.92. The van der Waals surface area contributed by atoms with Gasteiger partial charge < -0.3 is 13.7 Å². The quantitative estimate of drug-likeness (QED) is 0.259. The first-order valence-electron chi connectivity index (χ1n) is 11.0. The van der Waals surface area contributed by atoms with Crippen LogP contribution >= 0.6 is 11.8 Å². The Bertz CT molecular complexity index is 1520. The van der Waals surface area contributed by atoms with E-state index in [1.807, 2.05) is 38.1 Å². The van der Waals surface area contributed by atoms with Gasteiger partial charge in [-0.15, -0.1) is 0 Å². The summed E-state index contributed by atoms with van der Waals surface area (Å²) < 4.78 is 12.2. The van der Waals surface area contributed by atoms with Gasteiger partial charge in [-0.1, -0.05) is 36.4 Å². The van der Waals surface area contributed by atoms with Gasteiger partial charge in [-0.05, 0) is 66.9 Å². The molecule has 0 radical (unpaired) electrons. The number of aryl methyl sites for hydroxylation is 1. The first kappa shape index (κ1) is 22.7. The van der Waals surface area contributed by atoms with Crippen LogP contribution in [0.4, 0.5) is 4.79 Å². The van der Waals surface area contributed by atoms with Crippen molar-refractivity contribution in [3.63, 3.8) is 0 Å². The number of hydrogen-bond donors (Lipinski definition) is 0. The van der Waals surface area contributed by atoms with Crippen molar-refractivity contribution >= 4 is 45.7 Å². The highest BCUT2D eigenvalue weighted by Crippen LogP contribution is 2.35. The van der Waals surface area contributed by atoms with Gasteiger partial charge in [-0.3, -0.25) is 14.5 Å². The van der Waals surface area contributed by atoms with Crippen LogP contribution in [0.2, 0.25) is 0 Å². The third kappa shape index (κ3) is 4.06. The lowest BCUT2D eigenvalue weighted by molar-refractivity contribution is -0.123.